The summed E-state index contributed by atoms with van der Waals surface area (Å²) in [5.74, 6) is -1.13. The lowest BCUT2D eigenvalue weighted by Crippen LogP contribution is -2.51. The van der Waals surface area contributed by atoms with E-state index in [9.17, 15) is 14.4 Å². The number of carboxylic acids is 1. The van der Waals surface area contributed by atoms with Crippen molar-refractivity contribution in [2.75, 3.05) is 31.5 Å². The summed E-state index contributed by atoms with van der Waals surface area (Å²) in [6.45, 7) is 5.04. The third-order valence-corrected chi connectivity index (χ3v) is 3.42. The number of piperazine rings is 1. The zero-order valence-corrected chi connectivity index (χ0v) is 12.0. The fourth-order valence-corrected chi connectivity index (χ4v) is 2.28. The van der Waals surface area contributed by atoms with Crippen LogP contribution in [0.15, 0.2) is 6.07 Å². The molecule has 1 aromatic heterocycles. The number of carbonyl (C=O) groups is 3. The minimum atomic E-state index is -1.13. The lowest BCUT2D eigenvalue weighted by atomic mass is 10.3. The molecule has 0 spiro atoms. The predicted molar refractivity (Wildman–Crippen MR) is 75.3 cm³/mol. The van der Waals surface area contributed by atoms with E-state index in [1.807, 2.05) is 0 Å². The van der Waals surface area contributed by atoms with Gasteiger partial charge in [0.2, 0.25) is 5.91 Å². The number of aryl methyl sites for hydroxylation is 1. The van der Waals surface area contributed by atoms with Gasteiger partial charge >= 0.3 is 12.0 Å². The highest BCUT2D eigenvalue weighted by Crippen LogP contribution is 2.17. The number of nitrogens with one attached hydrogen (secondary N) is 2. The number of aromatic amines is 1. The van der Waals surface area contributed by atoms with E-state index < -0.39 is 5.97 Å². The highest BCUT2D eigenvalue weighted by atomic mass is 16.4. The van der Waals surface area contributed by atoms with Crippen molar-refractivity contribution in [1.82, 2.24) is 14.8 Å². The summed E-state index contributed by atoms with van der Waals surface area (Å²) in [5, 5.41) is 11.7. The van der Waals surface area contributed by atoms with Gasteiger partial charge in [-0.3, -0.25) is 4.79 Å². The molecule has 0 aliphatic carbocycles. The van der Waals surface area contributed by atoms with Crippen LogP contribution in [0.4, 0.5) is 10.5 Å². The van der Waals surface area contributed by atoms with Gasteiger partial charge in [0.15, 0.2) is 0 Å². The van der Waals surface area contributed by atoms with Crippen molar-refractivity contribution in [3.05, 3.63) is 17.5 Å². The zero-order chi connectivity index (χ0) is 15.6. The fraction of sp³-hybridized carbons (Fsp3) is 0.462. The maximum atomic E-state index is 12.1. The lowest BCUT2D eigenvalue weighted by Gasteiger charge is -2.34. The van der Waals surface area contributed by atoms with E-state index in [4.69, 9.17) is 5.11 Å². The number of aromatic carboxylic acids is 1. The van der Waals surface area contributed by atoms with Crippen molar-refractivity contribution >= 4 is 23.6 Å². The van der Waals surface area contributed by atoms with E-state index in [-0.39, 0.29) is 23.3 Å². The first kappa shape index (κ1) is 14.9. The molecule has 0 atom stereocenters. The largest absolute Gasteiger partial charge is 0.477 e. The van der Waals surface area contributed by atoms with E-state index >= 15 is 0 Å². The van der Waals surface area contributed by atoms with Crippen LogP contribution < -0.4 is 5.32 Å². The molecule has 0 aromatic carbocycles. The maximum absolute atomic E-state index is 12.1. The maximum Gasteiger partial charge on any atom is 0.354 e. The second kappa shape index (κ2) is 5.86. The van der Waals surface area contributed by atoms with Gasteiger partial charge in [0.25, 0.3) is 0 Å². The normalized spacial score (nSPS) is 15.0. The Morgan fingerprint density at radius 1 is 1.19 bits per heavy atom. The molecule has 21 heavy (non-hydrogen) atoms. The van der Waals surface area contributed by atoms with Crippen molar-refractivity contribution in [3.63, 3.8) is 0 Å². The van der Waals surface area contributed by atoms with Crippen LogP contribution in [0.5, 0.6) is 0 Å². The van der Waals surface area contributed by atoms with E-state index in [1.165, 1.54) is 6.92 Å². The molecule has 0 bridgehead atoms. The summed E-state index contributed by atoms with van der Waals surface area (Å²) in [6, 6.07) is 1.22. The van der Waals surface area contributed by atoms with Crippen molar-refractivity contribution < 1.29 is 19.5 Å². The topological polar surface area (TPSA) is 106 Å². The Balaban J connectivity index is 2.00. The Bertz CT molecular complexity index is 573. The van der Waals surface area contributed by atoms with Crippen LogP contribution in [0, 0.1) is 6.92 Å². The van der Waals surface area contributed by atoms with Gasteiger partial charge in [0.1, 0.15) is 5.69 Å². The molecule has 1 aromatic rings. The van der Waals surface area contributed by atoms with Crippen molar-refractivity contribution in [2.24, 2.45) is 0 Å². The number of nitrogens with zero attached hydrogens (tertiary/aromatic N) is 2. The molecule has 2 rings (SSSR count). The molecule has 0 unspecified atom stereocenters. The summed E-state index contributed by atoms with van der Waals surface area (Å²) >= 11 is 0. The molecule has 1 fully saturated rings. The standard InChI is InChI=1S/C13H18N4O4/c1-8-7-10(11(14-8)12(19)20)15-13(21)17-5-3-16(4-6-17)9(2)18/h7,14H,3-6H2,1-2H3,(H,15,21)(H,19,20). The number of anilines is 1. The second-order valence-electron chi connectivity index (χ2n) is 4.97. The van der Waals surface area contributed by atoms with Crippen LogP contribution >= 0.6 is 0 Å². The van der Waals surface area contributed by atoms with Crippen LogP contribution in [0.2, 0.25) is 0 Å². The Morgan fingerprint density at radius 2 is 1.76 bits per heavy atom. The monoisotopic (exact) mass is 294 g/mol. The molecular formula is C13H18N4O4. The molecule has 0 radical (unpaired) electrons. The molecule has 8 heteroatoms. The average Bonchev–Trinajstić information content (AvgIpc) is 2.80. The van der Waals surface area contributed by atoms with Crippen LogP contribution in [0.3, 0.4) is 0 Å². The van der Waals surface area contributed by atoms with Gasteiger partial charge in [-0.1, -0.05) is 0 Å². The van der Waals surface area contributed by atoms with Crippen LogP contribution in [-0.2, 0) is 4.79 Å². The summed E-state index contributed by atoms with van der Waals surface area (Å²) in [6.07, 6.45) is 0. The molecular weight excluding hydrogens is 276 g/mol. The number of rotatable bonds is 2. The summed E-state index contributed by atoms with van der Waals surface area (Å²) in [7, 11) is 0. The van der Waals surface area contributed by atoms with Crippen molar-refractivity contribution in [3.8, 4) is 0 Å². The summed E-state index contributed by atoms with van der Waals surface area (Å²) in [4.78, 5) is 40.4. The Labute approximate surface area is 121 Å². The summed E-state index contributed by atoms with van der Waals surface area (Å²) < 4.78 is 0. The SMILES string of the molecule is CC(=O)N1CCN(C(=O)Nc2cc(C)[nH]c2C(=O)O)CC1. The number of H-pyrrole nitrogens is 1. The van der Waals surface area contributed by atoms with Gasteiger partial charge in [0, 0.05) is 38.8 Å². The van der Waals surface area contributed by atoms with Gasteiger partial charge in [-0.25, -0.2) is 9.59 Å². The molecule has 114 valence electrons. The van der Waals surface area contributed by atoms with Gasteiger partial charge < -0.3 is 25.2 Å². The van der Waals surface area contributed by atoms with Gasteiger partial charge in [-0.05, 0) is 13.0 Å². The molecule has 1 aliphatic heterocycles. The van der Waals surface area contributed by atoms with E-state index in [0.717, 1.165) is 0 Å². The fourth-order valence-electron chi connectivity index (χ4n) is 2.28. The van der Waals surface area contributed by atoms with Gasteiger partial charge in [0.05, 0.1) is 5.69 Å². The van der Waals surface area contributed by atoms with Crippen molar-refractivity contribution in [2.45, 2.75) is 13.8 Å². The lowest BCUT2D eigenvalue weighted by molar-refractivity contribution is -0.130. The first-order valence-electron chi connectivity index (χ1n) is 6.63. The Morgan fingerprint density at radius 3 is 2.29 bits per heavy atom. The number of aromatic nitrogens is 1. The molecule has 8 nitrogen and oxygen atoms in total. The molecule has 3 amide bonds. The highest BCUT2D eigenvalue weighted by Gasteiger charge is 2.24. The first-order chi connectivity index (χ1) is 9.88. The first-order valence-corrected chi connectivity index (χ1v) is 6.63. The quantitative estimate of drug-likeness (QED) is 0.747. The molecule has 1 saturated heterocycles. The number of carboxylic acid groups (broad SMARTS) is 1. The number of amides is 3. The molecule has 3 N–H and O–H groups in total. The van der Waals surface area contributed by atoms with Crippen LogP contribution in [0.1, 0.15) is 23.1 Å². The van der Waals surface area contributed by atoms with E-state index in [1.54, 1.807) is 22.8 Å². The summed E-state index contributed by atoms with van der Waals surface area (Å²) in [5.41, 5.74) is 0.867. The van der Waals surface area contributed by atoms with E-state index in [2.05, 4.69) is 10.3 Å². The third kappa shape index (κ3) is 3.33. The van der Waals surface area contributed by atoms with E-state index in [0.29, 0.717) is 31.9 Å². The van der Waals surface area contributed by atoms with Crippen LogP contribution in [-0.4, -0.2) is 64.0 Å². The van der Waals surface area contributed by atoms with Gasteiger partial charge in [-0.15, -0.1) is 0 Å². The minimum Gasteiger partial charge on any atom is -0.477 e. The van der Waals surface area contributed by atoms with Gasteiger partial charge in [-0.2, -0.15) is 0 Å². The number of urea groups is 1. The van der Waals surface area contributed by atoms with Crippen molar-refractivity contribution in [1.29, 1.82) is 0 Å². The van der Waals surface area contributed by atoms with Crippen LogP contribution in [0.25, 0.3) is 0 Å². The zero-order valence-electron chi connectivity index (χ0n) is 12.0. The number of hydrogen-bond acceptors (Lipinski definition) is 3. The highest BCUT2D eigenvalue weighted by molar-refractivity contribution is 5.99. The number of carbonyl (C=O) groups excluding carboxylic acids is 2. The average molecular weight is 294 g/mol. The smallest absolute Gasteiger partial charge is 0.354 e. The third-order valence-electron chi connectivity index (χ3n) is 3.42. The minimum absolute atomic E-state index is 0.00974. The Kier molecular flexibility index (Phi) is 4.15. The molecule has 0 saturated carbocycles. The second-order valence-corrected chi connectivity index (χ2v) is 4.97. The predicted octanol–water partition coefficient (Wildman–Crippen LogP) is 0.717. The number of hydrogen-bond donors (Lipinski definition) is 3. The molecule has 1 aliphatic rings. The Hall–Kier alpha value is -2.51. The molecule has 2 heterocycles.